The maximum Gasteiger partial charge on any atom is 0.496 e. The Morgan fingerprint density at radius 2 is 1.83 bits per heavy atom. The van der Waals surface area contributed by atoms with Crippen LogP contribution in [-0.4, -0.2) is 35.9 Å². The fraction of sp³-hybridized carbons (Fsp3) is 0.647. The lowest BCUT2D eigenvalue weighted by atomic mass is 9.78. The van der Waals surface area contributed by atoms with E-state index in [9.17, 15) is 4.79 Å². The molecule has 0 aromatic carbocycles. The summed E-state index contributed by atoms with van der Waals surface area (Å²) in [6.45, 7) is 12.3. The van der Waals surface area contributed by atoms with Crippen molar-refractivity contribution in [1.82, 2.24) is 4.98 Å². The predicted octanol–water partition coefficient (Wildman–Crippen LogP) is 2.18. The lowest BCUT2D eigenvalue weighted by Gasteiger charge is -2.32. The van der Waals surface area contributed by atoms with Crippen LogP contribution >= 0.6 is 0 Å². The first kappa shape index (κ1) is 18.0. The van der Waals surface area contributed by atoms with E-state index < -0.39 is 7.12 Å². The second-order valence-electron chi connectivity index (χ2n) is 6.87. The van der Waals surface area contributed by atoms with Gasteiger partial charge in [0.2, 0.25) is 0 Å². The van der Waals surface area contributed by atoms with Crippen molar-refractivity contribution in [3.63, 3.8) is 0 Å². The molecule has 1 aromatic rings. The topological polar surface area (TPSA) is 57.7 Å². The minimum Gasteiger partial charge on any atom is -0.466 e. The Bertz CT molecular complexity index is 570. The summed E-state index contributed by atoms with van der Waals surface area (Å²) >= 11 is 0. The molecule has 1 aliphatic heterocycles. The van der Waals surface area contributed by atoms with E-state index in [2.05, 4.69) is 4.98 Å². The van der Waals surface area contributed by atoms with Crippen LogP contribution < -0.4 is 5.46 Å². The van der Waals surface area contributed by atoms with Gasteiger partial charge in [0.05, 0.1) is 24.2 Å². The van der Waals surface area contributed by atoms with Crippen molar-refractivity contribution in [2.75, 3.05) is 6.61 Å². The number of aryl methyl sites for hydroxylation is 2. The summed E-state index contributed by atoms with van der Waals surface area (Å²) in [5.74, 6) is -0.193. The van der Waals surface area contributed by atoms with Gasteiger partial charge in [-0.25, -0.2) is 0 Å². The largest absolute Gasteiger partial charge is 0.496 e. The molecule has 0 bridgehead atoms. The summed E-state index contributed by atoms with van der Waals surface area (Å²) in [6.07, 6.45) is 0.916. The van der Waals surface area contributed by atoms with Gasteiger partial charge < -0.3 is 14.0 Å². The molecule has 1 fully saturated rings. The molecule has 2 heterocycles. The minimum absolute atomic E-state index is 0.193. The van der Waals surface area contributed by atoms with Gasteiger partial charge in [0.1, 0.15) is 0 Å². The normalized spacial score (nSPS) is 19.0. The van der Waals surface area contributed by atoms with Gasteiger partial charge >= 0.3 is 13.1 Å². The standard InChI is InChI=1S/C17H26BNO4/c1-7-21-15(20)11-9-13-8-10-14(12(2)19-13)18-22-16(3,4)17(5,6)23-18/h8,10H,7,9,11H2,1-6H3. The zero-order chi connectivity index (χ0) is 17.3. The first-order chi connectivity index (χ1) is 10.7. The van der Waals surface area contributed by atoms with Gasteiger partial charge in [0.25, 0.3) is 0 Å². The summed E-state index contributed by atoms with van der Waals surface area (Å²) in [4.78, 5) is 16.0. The van der Waals surface area contributed by atoms with Crippen LogP contribution in [0, 0.1) is 6.92 Å². The predicted molar refractivity (Wildman–Crippen MR) is 89.6 cm³/mol. The van der Waals surface area contributed by atoms with Crippen molar-refractivity contribution in [3.8, 4) is 0 Å². The van der Waals surface area contributed by atoms with Gasteiger partial charge in [-0.3, -0.25) is 9.78 Å². The molecule has 6 heteroatoms. The third-order valence-corrected chi connectivity index (χ3v) is 4.58. The first-order valence-electron chi connectivity index (χ1n) is 8.14. The molecule has 2 rings (SSSR count). The van der Waals surface area contributed by atoms with Crippen LogP contribution in [0.3, 0.4) is 0 Å². The Morgan fingerprint density at radius 3 is 2.35 bits per heavy atom. The Kier molecular flexibility index (Phi) is 5.16. The van der Waals surface area contributed by atoms with E-state index in [1.807, 2.05) is 46.8 Å². The van der Waals surface area contributed by atoms with Gasteiger partial charge in [-0.05, 0) is 47.6 Å². The Morgan fingerprint density at radius 1 is 1.22 bits per heavy atom. The van der Waals surface area contributed by atoms with E-state index in [1.165, 1.54) is 0 Å². The first-order valence-corrected chi connectivity index (χ1v) is 8.14. The van der Waals surface area contributed by atoms with Crippen molar-refractivity contribution in [2.45, 2.75) is 65.6 Å². The van der Waals surface area contributed by atoms with Crippen LogP contribution in [0.25, 0.3) is 0 Å². The lowest BCUT2D eigenvalue weighted by Crippen LogP contribution is -2.41. The van der Waals surface area contributed by atoms with Gasteiger partial charge in [-0.15, -0.1) is 0 Å². The van der Waals surface area contributed by atoms with Gasteiger partial charge in [-0.2, -0.15) is 0 Å². The molecule has 0 amide bonds. The summed E-state index contributed by atoms with van der Waals surface area (Å²) in [6, 6.07) is 3.90. The average Bonchev–Trinajstić information content (AvgIpc) is 2.65. The minimum atomic E-state index is -0.411. The van der Waals surface area contributed by atoms with E-state index in [0.717, 1.165) is 16.9 Å². The molecule has 23 heavy (non-hydrogen) atoms. The number of hydrogen-bond donors (Lipinski definition) is 0. The highest BCUT2D eigenvalue weighted by molar-refractivity contribution is 6.62. The van der Waals surface area contributed by atoms with Gasteiger partial charge in [0, 0.05) is 23.3 Å². The van der Waals surface area contributed by atoms with Crippen LogP contribution in [-0.2, 0) is 25.3 Å². The van der Waals surface area contributed by atoms with Crippen molar-refractivity contribution in [1.29, 1.82) is 0 Å². The van der Waals surface area contributed by atoms with Crippen LogP contribution in [0.2, 0.25) is 0 Å². The number of ether oxygens (including phenoxy) is 1. The maximum absolute atomic E-state index is 11.4. The zero-order valence-corrected chi connectivity index (χ0v) is 14.9. The van der Waals surface area contributed by atoms with Gasteiger partial charge in [-0.1, -0.05) is 6.07 Å². The average molecular weight is 319 g/mol. The SMILES string of the molecule is CCOC(=O)CCc1ccc(B2OC(C)(C)C(C)(C)O2)c(C)n1. The number of aromatic nitrogens is 1. The Labute approximate surface area is 138 Å². The van der Waals surface area contributed by atoms with Crippen LogP contribution in [0.15, 0.2) is 12.1 Å². The molecule has 0 aliphatic carbocycles. The van der Waals surface area contributed by atoms with Crippen molar-refractivity contribution in [2.24, 2.45) is 0 Å². The van der Waals surface area contributed by atoms with E-state index >= 15 is 0 Å². The molecule has 0 atom stereocenters. The molecule has 5 nitrogen and oxygen atoms in total. The molecular weight excluding hydrogens is 293 g/mol. The van der Waals surface area contributed by atoms with Crippen LogP contribution in [0.4, 0.5) is 0 Å². The summed E-state index contributed by atoms with van der Waals surface area (Å²) in [5, 5.41) is 0. The number of hydrogen-bond acceptors (Lipinski definition) is 5. The van der Waals surface area contributed by atoms with Crippen molar-refractivity contribution >= 4 is 18.6 Å². The third-order valence-electron chi connectivity index (χ3n) is 4.58. The van der Waals surface area contributed by atoms with Crippen molar-refractivity contribution in [3.05, 3.63) is 23.5 Å². The molecule has 0 unspecified atom stereocenters. The van der Waals surface area contributed by atoms with E-state index in [0.29, 0.717) is 19.4 Å². The quantitative estimate of drug-likeness (QED) is 0.615. The molecule has 126 valence electrons. The third kappa shape index (κ3) is 3.93. The van der Waals surface area contributed by atoms with Crippen molar-refractivity contribution < 1.29 is 18.8 Å². The summed E-state index contributed by atoms with van der Waals surface area (Å²) in [5.41, 5.74) is 1.93. The lowest BCUT2D eigenvalue weighted by molar-refractivity contribution is -0.143. The highest BCUT2D eigenvalue weighted by Crippen LogP contribution is 2.36. The van der Waals surface area contributed by atoms with Gasteiger partial charge in [0.15, 0.2) is 0 Å². The smallest absolute Gasteiger partial charge is 0.466 e. The number of carbonyl (C=O) groups excluding carboxylic acids is 1. The highest BCUT2D eigenvalue weighted by atomic mass is 16.7. The number of esters is 1. The molecule has 0 saturated carbocycles. The Hall–Kier alpha value is -1.40. The molecule has 1 aliphatic rings. The monoisotopic (exact) mass is 319 g/mol. The Balaban J connectivity index is 2.07. The molecular formula is C17H26BNO4. The highest BCUT2D eigenvalue weighted by Gasteiger charge is 2.52. The molecule has 0 spiro atoms. The fourth-order valence-corrected chi connectivity index (χ4v) is 2.45. The van der Waals surface area contributed by atoms with Crippen LogP contribution in [0.5, 0.6) is 0 Å². The maximum atomic E-state index is 11.4. The van der Waals surface area contributed by atoms with E-state index in [4.69, 9.17) is 14.0 Å². The second-order valence-corrected chi connectivity index (χ2v) is 6.87. The summed E-state index contributed by atoms with van der Waals surface area (Å²) < 4.78 is 17.1. The number of rotatable bonds is 5. The fourth-order valence-electron chi connectivity index (χ4n) is 2.45. The van der Waals surface area contributed by atoms with E-state index in [1.54, 1.807) is 6.92 Å². The molecule has 1 saturated heterocycles. The number of nitrogens with zero attached hydrogens (tertiary/aromatic N) is 1. The second kappa shape index (κ2) is 6.61. The molecule has 1 aromatic heterocycles. The molecule has 0 N–H and O–H groups in total. The number of pyridine rings is 1. The van der Waals surface area contributed by atoms with Crippen LogP contribution in [0.1, 0.15) is 52.4 Å². The van der Waals surface area contributed by atoms with E-state index in [-0.39, 0.29) is 17.2 Å². The number of carbonyl (C=O) groups is 1. The summed E-state index contributed by atoms with van der Waals surface area (Å²) in [7, 11) is -0.411. The zero-order valence-electron chi connectivity index (χ0n) is 14.9. The molecule has 0 radical (unpaired) electrons.